The summed E-state index contributed by atoms with van der Waals surface area (Å²) in [6.45, 7) is 8.94. The largest absolute Gasteiger partial charge is 0.357 e. The molecule has 0 radical (unpaired) electrons. The van der Waals surface area contributed by atoms with Crippen molar-refractivity contribution >= 4 is 35.8 Å². The van der Waals surface area contributed by atoms with E-state index in [1.165, 1.54) is 24.9 Å². The van der Waals surface area contributed by atoms with Gasteiger partial charge in [-0.05, 0) is 44.8 Å². The molecule has 0 aliphatic carbocycles. The van der Waals surface area contributed by atoms with E-state index in [1.807, 2.05) is 25.1 Å². The summed E-state index contributed by atoms with van der Waals surface area (Å²) in [5.41, 5.74) is 1.23. The summed E-state index contributed by atoms with van der Waals surface area (Å²) < 4.78 is 0. The first kappa shape index (κ1) is 23.7. The van der Waals surface area contributed by atoms with E-state index in [-0.39, 0.29) is 36.4 Å². The summed E-state index contributed by atoms with van der Waals surface area (Å²) >= 11 is 0. The van der Waals surface area contributed by atoms with Crippen LogP contribution in [-0.4, -0.2) is 62.1 Å². The zero-order valence-corrected chi connectivity index (χ0v) is 18.9. The Kier molecular flexibility index (Phi) is 12.1. The molecule has 6 nitrogen and oxygen atoms in total. The van der Waals surface area contributed by atoms with Gasteiger partial charge in [0, 0.05) is 25.7 Å². The number of amides is 1. The number of carbonyl (C=O) groups excluding carboxylic acids is 1. The van der Waals surface area contributed by atoms with Crippen LogP contribution in [0.3, 0.4) is 0 Å². The van der Waals surface area contributed by atoms with Gasteiger partial charge in [-0.3, -0.25) is 9.69 Å². The number of rotatable bonds is 9. The fourth-order valence-corrected chi connectivity index (χ4v) is 3.30. The van der Waals surface area contributed by atoms with Crippen molar-refractivity contribution in [1.29, 1.82) is 0 Å². The Morgan fingerprint density at radius 3 is 2.67 bits per heavy atom. The third kappa shape index (κ3) is 8.92. The Balaban J connectivity index is 0.00000364. The normalized spacial score (nSPS) is 17.3. The van der Waals surface area contributed by atoms with Gasteiger partial charge in [0.1, 0.15) is 6.54 Å². The first-order valence-corrected chi connectivity index (χ1v) is 9.79. The summed E-state index contributed by atoms with van der Waals surface area (Å²) in [4.78, 5) is 18.9. The molecule has 1 unspecified atom stereocenters. The number of benzene rings is 1. The molecule has 0 saturated carbocycles. The van der Waals surface area contributed by atoms with Crippen molar-refractivity contribution in [1.82, 2.24) is 20.9 Å². The minimum atomic E-state index is -0.0471. The van der Waals surface area contributed by atoms with Crippen molar-refractivity contribution in [3.05, 3.63) is 35.9 Å². The lowest BCUT2D eigenvalue weighted by Gasteiger charge is -2.23. The van der Waals surface area contributed by atoms with Gasteiger partial charge in [0.25, 0.3) is 0 Å². The molecule has 152 valence electrons. The number of guanidine groups is 1. The fraction of sp³-hybridized carbons (Fsp3) is 0.600. The number of carbonyl (C=O) groups is 1. The lowest BCUT2D eigenvalue weighted by atomic mass is 10.1. The molecule has 27 heavy (non-hydrogen) atoms. The van der Waals surface area contributed by atoms with Gasteiger partial charge in [0.2, 0.25) is 5.91 Å². The molecule has 0 spiro atoms. The van der Waals surface area contributed by atoms with Crippen molar-refractivity contribution in [3.8, 4) is 0 Å². The van der Waals surface area contributed by atoms with Crippen molar-refractivity contribution < 1.29 is 4.79 Å². The van der Waals surface area contributed by atoms with Gasteiger partial charge in [-0.15, -0.1) is 24.0 Å². The fourth-order valence-electron chi connectivity index (χ4n) is 3.30. The Hall–Kier alpha value is -1.35. The second-order valence-electron chi connectivity index (χ2n) is 6.59. The van der Waals surface area contributed by atoms with Gasteiger partial charge in [0.15, 0.2) is 5.96 Å². The first-order chi connectivity index (χ1) is 12.7. The lowest BCUT2D eigenvalue weighted by Crippen LogP contribution is -2.45. The number of likely N-dealkylation sites (N-methyl/N-ethyl adjacent to an activating group) is 1. The predicted octanol–water partition coefficient (Wildman–Crippen LogP) is 2.00. The smallest absolute Gasteiger partial charge is 0.241 e. The SMILES string of the molecule is CCNC(=NCC(=O)NCCc1ccccc1)NCC1CCCN1CC.I. The average molecular weight is 487 g/mol. The summed E-state index contributed by atoms with van der Waals surface area (Å²) in [5.74, 6) is 0.669. The van der Waals surface area contributed by atoms with Crippen molar-refractivity contribution in [2.24, 2.45) is 4.99 Å². The molecule has 1 saturated heterocycles. The third-order valence-corrected chi connectivity index (χ3v) is 4.71. The van der Waals surface area contributed by atoms with Crippen LogP contribution in [0.1, 0.15) is 32.3 Å². The summed E-state index contributed by atoms with van der Waals surface area (Å²) in [7, 11) is 0. The number of halogens is 1. The van der Waals surface area contributed by atoms with Crippen LogP contribution < -0.4 is 16.0 Å². The summed E-state index contributed by atoms with van der Waals surface area (Å²) in [6, 6.07) is 10.7. The molecule has 0 bridgehead atoms. The number of likely N-dealkylation sites (tertiary alicyclic amines) is 1. The van der Waals surface area contributed by atoms with Crippen molar-refractivity contribution in [3.63, 3.8) is 0 Å². The minimum Gasteiger partial charge on any atom is -0.357 e. The molecule has 2 rings (SSSR count). The zero-order valence-electron chi connectivity index (χ0n) is 16.5. The summed E-state index contributed by atoms with van der Waals surface area (Å²) in [6.07, 6.45) is 3.32. The van der Waals surface area contributed by atoms with E-state index in [9.17, 15) is 4.79 Å². The Labute approximate surface area is 180 Å². The quantitative estimate of drug-likeness (QED) is 0.283. The van der Waals surface area contributed by atoms with Crippen LogP contribution in [-0.2, 0) is 11.2 Å². The predicted molar refractivity (Wildman–Crippen MR) is 123 cm³/mol. The van der Waals surface area contributed by atoms with Gasteiger partial charge in [-0.25, -0.2) is 4.99 Å². The zero-order chi connectivity index (χ0) is 18.6. The van der Waals surface area contributed by atoms with E-state index in [0.717, 1.165) is 26.1 Å². The Morgan fingerprint density at radius 1 is 1.19 bits per heavy atom. The van der Waals surface area contributed by atoms with Crippen LogP contribution in [0.2, 0.25) is 0 Å². The number of hydrogen-bond acceptors (Lipinski definition) is 3. The van der Waals surface area contributed by atoms with Crippen LogP contribution >= 0.6 is 24.0 Å². The molecule has 1 heterocycles. The van der Waals surface area contributed by atoms with Crippen molar-refractivity contribution in [2.45, 2.75) is 39.2 Å². The first-order valence-electron chi connectivity index (χ1n) is 9.79. The Morgan fingerprint density at radius 2 is 1.96 bits per heavy atom. The van der Waals surface area contributed by atoms with Gasteiger partial charge in [-0.2, -0.15) is 0 Å². The molecule has 7 heteroatoms. The molecule has 3 N–H and O–H groups in total. The van der Waals surface area contributed by atoms with E-state index in [0.29, 0.717) is 18.5 Å². The molecule has 1 aliphatic rings. The van der Waals surface area contributed by atoms with Gasteiger partial charge in [0.05, 0.1) is 0 Å². The van der Waals surface area contributed by atoms with Gasteiger partial charge >= 0.3 is 0 Å². The van der Waals surface area contributed by atoms with Crippen LogP contribution in [0.4, 0.5) is 0 Å². The summed E-state index contributed by atoms with van der Waals surface area (Å²) in [5, 5.41) is 9.53. The van der Waals surface area contributed by atoms with Crippen molar-refractivity contribution in [2.75, 3.05) is 39.3 Å². The second kappa shape index (κ2) is 13.8. The van der Waals surface area contributed by atoms with Crippen LogP contribution in [0, 0.1) is 0 Å². The highest BCUT2D eigenvalue weighted by atomic mass is 127. The van der Waals surface area contributed by atoms with Crippen LogP contribution in [0.25, 0.3) is 0 Å². The number of hydrogen-bond donors (Lipinski definition) is 3. The van der Waals surface area contributed by atoms with Gasteiger partial charge in [-0.1, -0.05) is 37.3 Å². The maximum atomic E-state index is 12.0. The monoisotopic (exact) mass is 487 g/mol. The second-order valence-corrected chi connectivity index (χ2v) is 6.59. The maximum Gasteiger partial charge on any atom is 0.241 e. The number of aliphatic imine (C=N–C) groups is 1. The van der Waals surface area contributed by atoms with E-state index in [1.54, 1.807) is 0 Å². The molecule has 1 aromatic carbocycles. The Bertz CT molecular complexity index is 567. The highest BCUT2D eigenvalue weighted by Gasteiger charge is 2.22. The highest BCUT2D eigenvalue weighted by Crippen LogP contribution is 2.15. The minimum absolute atomic E-state index is 0. The van der Waals surface area contributed by atoms with E-state index < -0.39 is 0 Å². The standard InChI is InChI=1S/C20H33N5O.HI/c1-3-21-20(23-15-18-11-8-14-25(18)4-2)24-16-19(26)22-13-12-17-9-6-5-7-10-17;/h5-7,9-10,18H,3-4,8,11-16H2,1-2H3,(H,22,26)(H2,21,23,24);1H. The molecule has 1 amide bonds. The maximum absolute atomic E-state index is 12.0. The third-order valence-electron chi connectivity index (χ3n) is 4.71. The topological polar surface area (TPSA) is 68.8 Å². The molecule has 0 aromatic heterocycles. The van der Waals surface area contributed by atoms with Crippen LogP contribution in [0.5, 0.6) is 0 Å². The molecule has 1 aliphatic heterocycles. The highest BCUT2D eigenvalue weighted by molar-refractivity contribution is 14.0. The molecular weight excluding hydrogens is 453 g/mol. The lowest BCUT2D eigenvalue weighted by molar-refractivity contribution is -0.119. The van der Waals surface area contributed by atoms with E-state index in [2.05, 4.69) is 44.9 Å². The average Bonchev–Trinajstić information content (AvgIpc) is 3.12. The molecule has 1 atom stereocenters. The molecule has 1 fully saturated rings. The van der Waals surface area contributed by atoms with E-state index in [4.69, 9.17) is 0 Å². The number of nitrogens with zero attached hydrogens (tertiary/aromatic N) is 2. The number of nitrogens with one attached hydrogen (secondary N) is 3. The van der Waals surface area contributed by atoms with Gasteiger partial charge < -0.3 is 16.0 Å². The van der Waals surface area contributed by atoms with E-state index >= 15 is 0 Å². The molecule has 1 aromatic rings. The molecular formula is C20H34IN5O. The van der Waals surface area contributed by atoms with Crippen LogP contribution in [0.15, 0.2) is 35.3 Å².